The molecule has 0 atom stereocenters. The van der Waals surface area contributed by atoms with Crippen molar-refractivity contribution in [2.24, 2.45) is 5.92 Å². The maximum Gasteiger partial charge on any atom is 0.410 e. The van der Waals surface area contributed by atoms with Gasteiger partial charge in [-0.15, -0.1) is 0 Å². The van der Waals surface area contributed by atoms with E-state index in [1.165, 1.54) is 25.6 Å². The maximum atomic E-state index is 14.4. The molecule has 2 heterocycles. The number of amides is 1. The summed E-state index contributed by atoms with van der Waals surface area (Å²) in [5.74, 6) is -0.107. The van der Waals surface area contributed by atoms with E-state index in [-0.39, 0.29) is 23.5 Å². The molecule has 0 radical (unpaired) electrons. The van der Waals surface area contributed by atoms with Crippen LogP contribution in [0, 0.1) is 17.6 Å². The summed E-state index contributed by atoms with van der Waals surface area (Å²) in [4.78, 5) is 22.5. The Morgan fingerprint density at radius 1 is 1.11 bits per heavy atom. The number of carbonyl (C=O) groups is 1. The van der Waals surface area contributed by atoms with Crippen molar-refractivity contribution in [1.82, 2.24) is 14.9 Å². The number of benzene rings is 2. The summed E-state index contributed by atoms with van der Waals surface area (Å²) >= 11 is 3.08. The van der Waals surface area contributed by atoms with Crippen molar-refractivity contribution < 1.29 is 27.8 Å². The quantitative estimate of drug-likeness (QED) is 0.359. The molecule has 1 aliphatic heterocycles. The van der Waals surface area contributed by atoms with Gasteiger partial charge in [0.15, 0.2) is 23.1 Å². The van der Waals surface area contributed by atoms with Crippen molar-refractivity contribution in [1.29, 1.82) is 0 Å². The minimum atomic E-state index is -0.761. The Morgan fingerprint density at radius 3 is 2.41 bits per heavy atom. The maximum absolute atomic E-state index is 14.4. The average Bonchev–Trinajstić information content (AvgIpc) is 2.83. The molecule has 0 bridgehead atoms. The van der Waals surface area contributed by atoms with Crippen LogP contribution in [0.5, 0.6) is 11.5 Å². The third-order valence-electron chi connectivity index (χ3n) is 5.91. The molecule has 0 unspecified atom stereocenters. The van der Waals surface area contributed by atoms with Gasteiger partial charge in [0.25, 0.3) is 0 Å². The molecule has 1 saturated heterocycles. The van der Waals surface area contributed by atoms with E-state index in [1.807, 2.05) is 20.8 Å². The molecule has 3 aromatic rings. The molecule has 198 valence electrons. The van der Waals surface area contributed by atoms with Crippen LogP contribution in [-0.4, -0.2) is 53.4 Å². The SMILES string of the molecule is COc1cc2c(Nc3c(F)cc(Br)cc3F)ncnc2cc1OCC1CCN(C(=O)OC(C)(C)C)CC1. The number of methoxy groups -OCH3 is 1. The fraction of sp³-hybridized carbons (Fsp3) is 0.423. The molecule has 1 aromatic heterocycles. The largest absolute Gasteiger partial charge is 0.493 e. The number of piperidine rings is 1. The first-order valence-electron chi connectivity index (χ1n) is 11.9. The standard InChI is InChI=1S/C26H29BrF2N4O4/c1-26(2,3)37-25(34)33-7-5-15(6-8-33)13-36-22-12-20-17(11-21(22)35-4)24(31-14-30-20)32-23-18(28)9-16(27)10-19(23)29/h9-12,14-15H,5-8,13H2,1-4H3,(H,30,31,32). The molecule has 0 saturated carbocycles. The van der Waals surface area contributed by atoms with Gasteiger partial charge < -0.3 is 24.4 Å². The van der Waals surface area contributed by atoms with Crippen LogP contribution >= 0.6 is 15.9 Å². The van der Waals surface area contributed by atoms with Gasteiger partial charge in [0, 0.05) is 29.0 Å². The highest BCUT2D eigenvalue weighted by Gasteiger charge is 2.27. The van der Waals surface area contributed by atoms with Crippen LogP contribution in [0.4, 0.5) is 25.1 Å². The predicted octanol–water partition coefficient (Wildman–Crippen LogP) is 6.45. The Bertz CT molecular complexity index is 1270. The van der Waals surface area contributed by atoms with Gasteiger partial charge >= 0.3 is 6.09 Å². The van der Waals surface area contributed by atoms with Crippen molar-refractivity contribution in [2.75, 3.05) is 32.1 Å². The van der Waals surface area contributed by atoms with Crippen LogP contribution < -0.4 is 14.8 Å². The molecule has 4 rings (SSSR count). The van der Waals surface area contributed by atoms with Gasteiger partial charge in [0.05, 0.1) is 19.2 Å². The Labute approximate surface area is 222 Å². The summed E-state index contributed by atoms with van der Waals surface area (Å²) in [7, 11) is 1.51. The first kappa shape index (κ1) is 26.8. The first-order chi connectivity index (χ1) is 17.5. The molecule has 37 heavy (non-hydrogen) atoms. The number of fused-ring (bicyclic) bond motifs is 1. The van der Waals surface area contributed by atoms with Crippen molar-refractivity contribution in [3.8, 4) is 11.5 Å². The lowest BCUT2D eigenvalue weighted by Crippen LogP contribution is -2.42. The first-order valence-corrected chi connectivity index (χ1v) is 12.7. The minimum absolute atomic E-state index is 0.226. The molecule has 0 aliphatic carbocycles. The lowest BCUT2D eigenvalue weighted by molar-refractivity contribution is 0.0164. The lowest BCUT2D eigenvalue weighted by Gasteiger charge is -2.33. The summed E-state index contributed by atoms with van der Waals surface area (Å²) < 4.78 is 46.1. The molecule has 1 fully saturated rings. The molecule has 2 aromatic carbocycles. The second-order valence-electron chi connectivity index (χ2n) is 9.83. The zero-order chi connectivity index (χ0) is 26.7. The normalized spacial score (nSPS) is 14.5. The number of hydrogen-bond donors (Lipinski definition) is 1. The van der Waals surface area contributed by atoms with Crippen LogP contribution in [0.1, 0.15) is 33.6 Å². The van der Waals surface area contributed by atoms with Gasteiger partial charge in [0.1, 0.15) is 23.4 Å². The Morgan fingerprint density at radius 2 is 1.78 bits per heavy atom. The van der Waals surface area contributed by atoms with Gasteiger partial charge in [-0.1, -0.05) is 15.9 Å². The molecule has 0 spiro atoms. The number of halogens is 3. The third-order valence-corrected chi connectivity index (χ3v) is 6.37. The van der Waals surface area contributed by atoms with Gasteiger partial charge in [-0.25, -0.2) is 23.5 Å². The topological polar surface area (TPSA) is 85.8 Å². The van der Waals surface area contributed by atoms with E-state index in [0.717, 1.165) is 12.8 Å². The fourth-order valence-electron chi connectivity index (χ4n) is 4.03. The second-order valence-corrected chi connectivity index (χ2v) is 10.7. The Balaban J connectivity index is 1.46. The number of nitrogens with one attached hydrogen (secondary N) is 1. The van der Waals surface area contributed by atoms with Crippen molar-refractivity contribution >= 4 is 44.4 Å². The minimum Gasteiger partial charge on any atom is -0.493 e. The number of likely N-dealkylation sites (tertiary alicyclic amines) is 1. The number of carbonyl (C=O) groups excluding carboxylic acids is 1. The summed E-state index contributed by atoms with van der Waals surface area (Å²) in [6, 6.07) is 5.72. The zero-order valence-electron chi connectivity index (χ0n) is 21.1. The van der Waals surface area contributed by atoms with E-state index in [0.29, 0.717) is 46.6 Å². The molecule has 8 nitrogen and oxygen atoms in total. The summed E-state index contributed by atoms with van der Waals surface area (Å²) in [5.41, 5.74) is -0.324. The molecule has 1 N–H and O–H groups in total. The van der Waals surface area contributed by atoms with Crippen molar-refractivity contribution in [3.05, 3.63) is 46.7 Å². The monoisotopic (exact) mass is 578 g/mol. The molecule has 1 amide bonds. The molecular formula is C26H29BrF2N4O4. The summed E-state index contributed by atoms with van der Waals surface area (Å²) in [6.45, 7) is 7.19. The predicted molar refractivity (Wildman–Crippen MR) is 139 cm³/mol. The number of rotatable bonds is 6. The highest BCUT2D eigenvalue weighted by Crippen LogP contribution is 2.36. The van der Waals surface area contributed by atoms with E-state index in [9.17, 15) is 13.6 Å². The van der Waals surface area contributed by atoms with Gasteiger partial charge in [-0.3, -0.25) is 0 Å². The number of ether oxygens (including phenoxy) is 3. The van der Waals surface area contributed by atoms with Crippen LogP contribution in [0.25, 0.3) is 10.9 Å². The van der Waals surface area contributed by atoms with E-state index in [4.69, 9.17) is 14.2 Å². The summed E-state index contributed by atoms with van der Waals surface area (Å²) in [6.07, 6.45) is 2.59. The number of anilines is 2. The fourth-order valence-corrected chi connectivity index (χ4v) is 4.43. The van der Waals surface area contributed by atoms with Crippen LogP contribution in [0.2, 0.25) is 0 Å². The van der Waals surface area contributed by atoms with Crippen LogP contribution in [0.3, 0.4) is 0 Å². The van der Waals surface area contributed by atoms with Crippen LogP contribution in [-0.2, 0) is 4.74 Å². The van der Waals surface area contributed by atoms with Crippen LogP contribution in [0.15, 0.2) is 35.1 Å². The third kappa shape index (κ3) is 6.57. The summed E-state index contributed by atoms with van der Waals surface area (Å²) in [5, 5.41) is 3.24. The van der Waals surface area contributed by atoms with E-state index >= 15 is 0 Å². The Hall–Kier alpha value is -3.21. The van der Waals surface area contributed by atoms with E-state index in [1.54, 1.807) is 17.0 Å². The number of nitrogens with zero attached hydrogens (tertiary/aromatic N) is 3. The lowest BCUT2D eigenvalue weighted by atomic mass is 9.98. The number of hydrogen-bond acceptors (Lipinski definition) is 7. The van der Waals surface area contributed by atoms with E-state index in [2.05, 4.69) is 31.2 Å². The highest BCUT2D eigenvalue weighted by atomic mass is 79.9. The van der Waals surface area contributed by atoms with E-state index < -0.39 is 17.2 Å². The Kier molecular flexibility index (Phi) is 8.01. The highest BCUT2D eigenvalue weighted by molar-refractivity contribution is 9.10. The zero-order valence-corrected chi connectivity index (χ0v) is 22.7. The van der Waals surface area contributed by atoms with Gasteiger partial charge in [-0.05, 0) is 57.7 Å². The van der Waals surface area contributed by atoms with Crippen molar-refractivity contribution in [2.45, 2.75) is 39.2 Å². The molecule has 11 heteroatoms. The van der Waals surface area contributed by atoms with Crippen molar-refractivity contribution in [3.63, 3.8) is 0 Å². The molecule has 1 aliphatic rings. The smallest absolute Gasteiger partial charge is 0.410 e. The van der Waals surface area contributed by atoms with Gasteiger partial charge in [-0.2, -0.15) is 0 Å². The second kappa shape index (κ2) is 11.0. The van der Waals surface area contributed by atoms with Gasteiger partial charge in [0.2, 0.25) is 0 Å². The number of aromatic nitrogens is 2. The average molecular weight is 579 g/mol. The molecular weight excluding hydrogens is 550 g/mol.